The summed E-state index contributed by atoms with van der Waals surface area (Å²) in [6, 6.07) is 8.35. The van der Waals surface area contributed by atoms with Gasteiger partial charge in [0.1, 0.15) is 4.66 Å². The quantitative estimate of drug-likeness (QED) is 0.796. The molecule has 0 aromatic heterocycles. The van der Waals surface area contributed by atoms with Gasteiger partial charge in [0, 0.05) is 0 Å². The lowest BCUT2D eigenvalue weighted by Crippen LogP contribution is -2.31. The minimum atomic E-state index is -3.37. The first kappa shape index (κ1) is 12.6. The van der Waals surface area contributed by atoms with Crippen LogP contribution >= 0.6 is 15.9 Å². The van der Waals surface area contributed by atoms with Crippen LogP contribution in [0.15, 0.2) is 30.3 Å². The van der Waals surface area contributed by atoms with Gasteiger partial charge < -0.3 is 5.11 Å². The summed E-state index contributed by atoms with van der Waals surface area (Å²) < 4.78 is 24.8. The maximum atomic E-state index is 11.3. The average Bonchev–Trinajstić information content (AvgIpc) is 2.27. The van der Waals surface area contributed by atoms with Crippen molar-refractivity contribution in [3.63, 3.8) is 0 Å². The van der Waals surface area contributed by atoms with E-state index in [1.54, 1.807) is 24.3 Å². The van der Waals surface area contributed by atoms with E-state index in [2.05, 4.69) is 20.7 Å². The first-order valence-corrected chi connectivity index (χ1v) is 7.08. The van der Waals surface area contributed by atoms with Crippen LogP contribution in [-0.2, 0) is 10.0 Å². The van der Waals surface area contributed by atoms with Crippen LogP contribution in [0.3, 0.4) is 0 Å². The molecule has 84 valence electrons. The molecular formula is C9H12BrNO3S. The van der Waals surface area contributed by atoms with Crippen molar-refractivity contribution in [3.05, 3.63) is 35.9 Å². The molecule has 0 aliphatic carbocycles. The van der Waals surface area contributed by atoms with Crippen LogP contribution in [0.5, 0.6) is 0 Å². The Balaban J connectivity index is 2.83. The second-order valence-corrected chi connectivity index (χ2v) is 6.04. The number of rotatable bonds is 5. The molecule has 2 N–H and O–H groups in total. The molecule has 4 nitrogen and oxygen atoms in total. The third kappa shape index (κ3) is 3.90. The Bertz CT molecular complexity index is 393. The SMILES string of the molecule is O=S(=O)(CBr)N[C@H](CO)c1ccccc1. The Hall–Kier alpha value is -0.430. The highest BCUT2D eigenvalue weighted by Crippen LogP contribution is 2.13. The Kier molecular flexibility index (Phi) is 4.72. The van der Waals surface area contributed by atoms with Crippen molar-refractivity contribution < 1.29 is 13.5 Å². The monoisotopic (exact) mass is 293 g/mol. The maximum Gasteiger partial charge on any atom is 0.222 e. The highest BCUT2D eigenvalue weighted by Gasteiger charge is 2.17. The van der Waals surface area contributed by atoms with E-state index in [1.165, 1.54) is 0 Å². The van der Waals surface area contributed by atoms with Gasteiger partial charge in [-0.1, -0.05) is 46.3 Å². The second kappa shape index (κ2) is 5.60. The van der Waals surface area contributed by atoms with Gasteiger partial charge in [-0.15, -0.1) is 0 Å². The summed E-state index contributed by atoms with van der Waals surface area (Å²) >= 11 is 2.87. The Morgan fingerprint density at radius 1 is 1.33 bits per heavy atom. The summed E-state index contributed by atoms with van der Waals surface area (Å²) in [5, 5.41) is 9.10. The van der Waals surface area contributed by atoms with Crippen LogP contribution in [0.4, 0.5) is 0 Å². The van der Waals surface area contributed by atoms with E-state index < -0.39 is 16.1 Å². The van der Waals surface area contributed by atoms with Crippen molar-refractivity contribution in [2.24, 2.45) is 0 Å². The van der Waals surface area contributed by atoms with Gasteiger partial charge in [-0.2, -0.15) is 0 Å². The highest BCUT2D eigenvalue weighted by atomic mass is 79.9. The van der Waals surface area contributed by atoms with E-state index >= 15 is 0 Å². The van der Waals surface area contributed by atoms with Crippen LogP contribution in [0.1, 0.15) is 11.6 Å². The van der Waals surface area contributed by atoms with Gasteiger partial charge in [-0.3, -0.25) is 0 Å². The normalized spacial score (nSPS) is 13.7. The van der Waals surface area contributed by atoms with Crippen molar-refractivity contribution in [2.75, 3.05) is 11.3 Å². The number of sulfonamides is 1. The van der Waals surface area contributed by atoms with E-state index in [1.807, 2.05) is 6.07 Å². The highest BCUT2D eigenvalue weighted by molar-refractivity contribution is 9.10. The molecule has 0 spiro atoms. The van der Waals surface area contributed by atoms with Gasteiger partial charge in [0.25, 0.3) is 0 Å². The van der Waals surface area contributed by atoms with Crippen molar-refractivity contribution in [1.82, 2.24) is 4.72 Å². The van der Waals surface area contributed by atoms with Gasteiger partial charge in [-0.05, 0) is 5.56 Å². The predicted octanol–water partition coefficient (Wildman–Crippen LogP) is 0.992. The summed E-state index contributed by atoms with van der Waals surface area (Å²) in [5.74, 6) is 0. The minimum Gasteiger partial charge on any atom is -0.394 e. The number of halogens is 1. The van der Waals surface area contributed by atoms with Gasteiger partial charge in [0.05, 0.1) is 12.6 Å². The number of aliphatic hydroxyl groups is 1. The van der Waals surface area contributed by atoms with E-state index in [9.17, 15) is 8.42 Å². The fourth-order valence-corrected chi connectivity index (χ4v) is 2.25. The first-order valence-electron chi connectivity index (χ1n) is 4.31. The fourth-order valence-electron chi connectivity index (χ4n) is 1.14. The van der Waals surface area contributed by atoms with Crippen molar-refractivity contribution >= 4 is 26.0 Å². The lowest BCUT2D eigenvalue weighted by atomic mass is 10.1. The van der Waals surface area contributed by atoms with Crippen molar-refractivity contribution in [2.45, 2.75) is 6.04 Å². The zero-order valence-electron chi connectivity index (χ0n) is 7.93. The molecule has 0 radical (unpaired) electrons. The summed E-state index contributed by atoms with van der Waals surface area (Å²) in [6.07, 6.45) is 0. The molecule has 1 atom stereocenters. The summed E-state index contributed by atoms with van der Waals surface area (Å²) in [4.78, 5) is 0. The average molecular weight is 294 g/mol. The standard InChI is InChI=1S/C9H12BrNO3S/c10-7-15(13,14)11-9(6-12)8-4-2-1-3-5-8/h1-5,9,11-12H,6-7H2/t9-/m1/s1. The van der Waals surface area contributed by atoms with Crippen LogP contribution < -0.4 is 4.72 Å². The largest absolute Gasteiger partial charge is 0.394 e. The lowest BCUT2D eigenvalue weighted by molar-refractivity contribution is 0.259. The number of benzene rings is 1. The molecule has 0 saturated heterocycles. The zero-order chi connectivity index (χ0) is 11.3. The summed E-state index contributed by atoms with van der Waals surface area (Å²) in [5.41, 5.74) is 0.740. The van der Waals surface area contributed by atoms with Crippen LogP contribution in [-0.4, -0.2) is 24.8 Å². The zero-order valence-corrected chi connectivity index (χ0v) is 10.3. The molecule has 0 aliphatic heterocycles. The molecule has 1 rings (SSSR count). The third-order valence-electron chi connectivity index (χ3n) is 1.85. The van der Waals surface area contributed by atoms with Crippen LogP contribution in [0.25, 0.3) is 0 Å². The molecular weight excluding hydrogens is 282 g/mol. The first-order chi connectivity index (χ1) is 7.09. The Morgan fingerprint density at radius 2 is 1.93 bits per heavy atom. The number of alkyl halides is 1. The van der Waals surface area contributed by atoms with Gasteiger partial charge >= 0.3 is 0 Å². The predicted molar refractivity (Wildman–Crippen MR) is 62.1 cm³/mol. The lowest BCUT2D eigenvalue weighted by Gasteiger charge is -2.15. The van der Waals surface area contributed by atoms with Gasteiger partial charge in [-0.25, -0.2) is 13.1 Å². The Labute approximate surface area is 97.5 Å². The molecule has 0 fully saturated rings. The summed E-state index contributed by atoms with van der Waals surface area (Å²) in [7, 11) is -3.37. The van der Waals surface area contributed by atoms with Gasteiger partial charge in [0.2, 0.25) is 10.0 Å². The molecule has 0 saturated carbocycles. The molecule has 0 aliphatic rings. The van der Waals surface area contributed by atoms with Crippen LogP contribution in [0, 0.1) is 0 Å². The third-order valence-corrected chi connectivity index (χ3v) is 4.59. The summed E-state index contributed by atoms with van der Waals surface area (Å²) in [6.45, 7) is -0.268. The molecule has 1 aromatic carbocycles. The van der Waals surface area contributed by atoms with Crippen molar-refractivity contribution in [1.29, 1.82) is 0 Å². The van der Waals surface area contributed by atoms with E-state index in [0.717, 1.165) is 5.56 Å². The maximum absolute atomic E-state index is 11.3. The number of hydrogen-bond acceptors (Lipinski definition) is 3. The second-order valence-electron chi connectivity index (χ2n) is 2.99. The number of hydrogen-bond donors (Lipinski definition) is 2. The van der Waals surface area contributed by atoms with Gasteiger partial charge in [0.15, 0.2) is 0 Å². The minimum absolute atomic E-state index is 0.177. The molecule has 0 amide bonds. The van der Waals surface area contributed by atoms with Crippen LogP contribution in [0.2, 0.25) is 0 Å². The van der Waals surface area contributed by atoms with E-state index in [-0.39, 0.29) is 11.3 Å². The van der Waals surface area contributed by atoms with Crippen molar-refractivity contribution in [3.8, 4) is 0 Å². The fraction of sp³-hybridized carbons (Fsp3) is 0.333. The smallest absolute Gasteiger partial charge is 0.222 e. The number of nitrogens with one attached hydrogen (secondary N) is 1. The van der Waals surface area contributed by atoms with E-state index in [0.29, 0.717) is 0 Å². The molecule has 0 heterocycles. The molecule has 0 unspecified atom stereocenters. The van der Waals surface area contributed by atoms with E-state index in [4.69, 9.17) is 5.11 Å². The topological polar surface area (TPSA) is 66.4 Å². The Morgan fingerprint density at radius 3 is 2.40 bits per heavy atom. The molecule has 6 heteroatoms. The molecule has 1 aromatic rings. The molecule has 0 bridgehead atoms. The molecule has 15 heavy (non-hydrogen) atoms. The number of aliphatic hydroxyl groups excluding tert-OH is 1.